The van der Waals surface area contributed by atoms with Gasteiger partial charge >= 0.3 is 6.03 Å². The summed E-state index contributed by atoms with van der Waals surface area (Å²) in [5.74, 6) is 0. The molecule has 2 amide bonds. The molecule has 1 heterocycles. The van der Waals surface area contributed by atoms with E-state index in [4.69, 9.17) is 0 Å². The zero-order chi connectivity index (χ0) is 13.1. The van der Waals surface area contributed by atoms with Crippen LogP contribution in [0.25, 0.3) is 0 Å². The van der Waals surface area contributed by atoms with Crippen molar-refractivity contribution in [2.24, 2.45) is 0 Å². The summed E-state index contributed by atoms with van der Waals surface area (Å²) in [6.45, 7) is 2.65. The van der Waals surface area contributed by atoms with Crippen molar-refractivity contribution in [3.05, 3.63) is 29.8 Å². The Balaban J connectivity index is 1.56. The SMILES string of the molecule is O=C(Nc1cccc(CNC2CC2)c1)N1CCCC1. The molecule has 4 heteroatoms. The monoisotopic (exact) mass is 259 g/mol. The number of nitrogens with one attached hydrogen (secondary N) is 2. The topological polar surface area (TPSA) is 44.4 Å². The number of rotatable bonds is 4. The number of amides is 2. The van der Waals surface area contributed by atoms with Gasteiger partial charge in [0.1, 0.15) is 0 Å². The molecular formula is C15H21N3O. The lowest BCUT2D eigenvalue weighted by Crippen LogP contribution is -2.32. The molecule has 0 atom stereocenters. The van der Waals surface area contributed by atoms with Crippen molar-refractivity contribution in [1.29, 1.82) is 0 Å². The van der Waals surface area contributed by atoms with Crippen LogP contribution in [0.5, 0.6) is 0 Å². The maximum Gasteiger partial charge on any atom is 0.321 e. The molecule has 0 unspecified atom stereocenters. The number of likely N-dealkylation sites (tertiary alicyclic amines) is 1. The van der Waals surface area contributed by atoms with E-state index in [9.17, 15) is 4.79 Å². The maximum atomic E-state index is 12.0. The lowest BCUT2D eigenvalue weighted by molar-refractivity contribution is 0.222. The standard InChI is InChI=1S/C15H21N3O/c19-15(18-8-1-2-9-18)17-14-5-3-4-12(10-14)11-16-13-6-7-13/h3-5,10,13,16H,1-2,6-9,11H2,(H,17,19). The lowest BCUT2D eigenvalue weighted by atomic mass is 10.2. The van der Waals surface area contributed by atoms with Gasteiger partial charge in [0.05, 0.1) is 0 Å². The molecule has 0 spiro atoms. The summed E-state index contributed by atoms with van der Waals surface area (Å²) >= 11 is 0. The molecule has 2 N–H and O–H groups in total. The first-order valence-corrected chi connectivity index (χ1v) is 7.19. The molecular weight excluding hydrogens is 238 g/mol. The van der Waals surface area contributed by atoms with Crippen molar-refractivity contribution in [2.45, 2.75) is 38.3 Å². The molecule has 2 aliphatic rings. The zero-order valence-corrected chi connectivity index (χ0v) is 11.2. The van der Waals surface area contributed by atoms with Crippen molar-refractivity contribution < 1.29 is 4.79 Å². The highest BCUT2D eigenvalue weighted by atomic mass is 16.2. The van der Waals surface area contributed by atoms with Crippen LogP contribution in [0.1, 0.15) is 31.2 Å². The molecule has 0 bridgehead atoms. The van der Waals surface area contributed by atoms with Crippen LogP contribution in [-0.4, -0.2) is 30.1 Å². The van der Waals surface area contributed by atoms with Crippen LogP contribution in [0.2, 0.25) is 0 Å². The normalized spacial score (nSPS) is 18.6. The number of anilines is 1. The summed E-state index contributed by atoms with van der Waals surface area (Å²) < 4.78 is 0. The summed E-state index contributed by atoms with van der Waals surface area (Å²) in [5.41, 5.74) is 2.12. The third-order valence-electron chi connectivity index (χ3n) is 3.74. The number of hydrogen-bond acceptors (Lipinski definition) is 2. The van der Waals surface area contributed by atoms with E-state index < -0.39 is 0 Å². The Kier molecular flexibility index (Phi) is 3.69. The highest BCUT2D eigenvalue weighted by Gasteiger charge is 2.20. The van der Waals surface area contributed by atoms with Crippen LogP contribution in [0.15, 0.2) is 24.3 Å². The molecule has 0 aromatic heterocycles. The second-order valence-electron chi connectivity index (χ2n) is 5.48. The average molecular weight is 259 g/mol. The lowest BCUT2D eigenvalue weighted by Gasteiger charge is -2.16. The molecule has 1 aliphatic carbocycles. The molecule has 1 saturated heterocycles. The van der Waals surface area contributed by atoms with E-state index in [1.807, 2.05) is 17.0 Å². The van der Waals surface area contributed by atoms with Gasteiger partial charge in [0.15, 0.2) is 0 Å². The van der Waals surface area contributed by atoms with Crippen molar-refractivity contribution in [2.75, 3.05) is 18.4 Å². The Morgan fingerprint density at radius 2 is 2.05 bits per heavy atom. The Bertz CT molecular complexity index is 450. The predicted molar refractivity (Wildman–Crippen MR) is 76.1 cm³/mol. The second kappa shape index (κ2) is 5.61. The maximum absolute atomic E-state index is 12.0. The second-order valence-corrected chi connectivity index (χ2v) is 5.48. The number of hydrogen-bond donors (Lipinski definition) is 2. The van der Waals surface area contributed by atoms with Crippen LogP contribution in [0.4, 0.5) is 10.5 Å². The molecule has 1 aromatic rings. The Labute approximate surface area is 114 Å². The van der Waals surface area contributed by atoms with Gasteiger partial charge in [-0.2, -0.15) is 0 Å². The first-order chi connectivity index (χ1) is 9.31. The summed E-state index contributed by atoms with van der Waals surface area (Å²) in [5, 5.41) is 6.47. The van der Waals surface area contributed by atoms with E-state index >= 15 is 0 Å². The van der Waals surface area contributed by atoms with Gasteiger partial charge in [-0.25, -0.2) is 4.79 Å². The molecule has 4 nitrogen and oxygen atoms in total. The molecule has 102 valence electrons. The number of carbonyl (C=O) groups excluding carboxylic acids is 1. The van der Waals surface area contributed by atoms with Gasteiger partial charge in [0.25, 0.3) is 0 Å². The minimum absolute atomic E-state index is 0.0322. The van der Waals surface area contributed by atoms with Crippen molar-refractivity contribution >= 4 is 11.7 Å². The molecule has 0 radical (unpaired) electrons. The van der Waals surface area contributed by atoms with Crippen molar-refractivity contribution in [3.8, 4) is 0 Å². The summed E-state index contributed by atoms with van der Waals surface area (Å²) in [6.07, 6.45) is 4.84. The minimum Gasteiger partial charge on any atom is -0.325 e. The number of nitrogens with zero attached hydrogens (tertiary/aromatic N) is 1. The van der Waals surface area contributed by atoms with Gasteiger partial charge < -0.3 is 15.5 Å². The Morgan fingerprint density at radius 3 is 2.79 bits per heavy atom. The van der Waals surface area contributed by atoms with E-state index in [2.05, 4.69) is 22.8 Å². The fourth-order valence-electron chi connectivity index (χ4n) is 2.43. The summed E-state index contributed by atoms with van der Waals surface area (Å²) in [4.78, 5) is 13.9. The van der Waals surface area contributed by atoms with Crippen molar-refractivity contribution in [3.63, 3.8) is 0 Å². The van der Waals surface area contributed by atoms with E-state index in [0.717, 1.165) is 38.2 Å². The third-order valence-corrected chi connectivity index (χ3v) is 3.74. The quantitative estimate of drug-likeness (QED) is 0.873. The molecule has 3 rings (SSSR count). The fourth-order valence-corrected chi connectivity index (χ4v) is 2.43. The summed E-state index contributed by atoms with van der Waals surface area (Å²) in [7, 11) is 0. The van der Waals surface area contributed by atoms with E-state index in [-0.39, 0.29) is 6.03 Å². The van der Waals surface area contributed by atoms with Crippen LogP contribution in [0.3, 0.4) is 0 Å². The van der Waals surface area contributed by atoms with Gasteiger partial charge in [0, 0.05) is 31.4 Å². The van der Waals surface area contributed by atoms with Gasteiger partial charge in [-0.1, -0.05) is 12.1 Å². The third kappa shape index (κ3) is 3.47. The predicted octanol–water partition coefficient (Wildman–Crippen LogP) is 2.57. The first-order valence-electron chi connectivity index (χ1n) is 7.19. The smallest absolute Gasteiger partial charge is 0.321 e. The van der Waals surface area contributed by atoms with Crippen molar-refractivity contribution in [1.82, 2.24) is 10.2 Å². The number of benzene rings is 1. The largest absolute Gasteiger partial charge is 0.325 e. The Hall–Kier alpha value is -1.55. The molecule has 1 aromatic carbocycles. The number of urea groups is 1. The average Bonchev–Trinajstić information content (AvgIpc) is 3.08. The Morgan fingerprint density at radius 1 is 1.26 bits per heavy atom. The highest BCUT2D eigenvalue weighted by Crippen LogP contribution is 2.20. The highest BCUT2D eigenvalue weighted by molar-refractivity contribution is 5.89. The van der Waals surface area contributed by atoms with E-state index in [1.54, 1.807) is 0 Å². The van der Waals surface area contributed by atoms with Gasteiger partial charge in [-0.05, 0) is 43.4 Å². The van der Waals surface area contributed by atoms with Gasteiger partial charge in [-0.3, -0.25) is 0 Å². The van der Waals surface area contributed by atoms with Crippen LogP contribution < -0.4 is 10.6 Å². The van der Waals surface area contributed by atoms with Gasteiger partial charge in [-0.15, -0.1) is 0 Å². The zero-order valence-electron chi connectivity index (χ0n) is 11.2. The van der Waals surface area contributed by atoms with Crippen LogP contribution in [0, 0.1) is 0 Å². The van der Waals surface area contributed by atoms with Gasteiger partial charge in [0.2, 0.25) is 0 Å². The molecule has 19 heavy (non-hydrogen) atoms. The molecule has 1 aliphatic heterocycles. The molecule has 2 fully saturated rings. The number of carbonyl (C=O) groups is 1. The van der Waals surface area contributed by atoms with E-state index in [0.29, 0.717) is 6.04 Å². The minimum atomic E-state index is 0.0322. The summed E-state index contributed by atoms with van der Waals surface area (Å²) in [6, 6.07) is 8.86. The fraction of sp³-hybridized carbons (Fsp3) is 0.533. The van der Waals surface area contributed by atoms with Crippen LogP contribution >= 0.6 is 0 Å². The van der Waals surface area contributed by atoms with Crippen LogP contribution in [-0.2, 0) is 6.54 Å². The molecule has 1 saturated carbocycles. The first kappa shape index (κ1) is 12.5. The van der Waals surface area contributed by atoms with E-state index in [1.165, 1.54) is 18.4 Å².